The first-order chi connectivity index (χ1) is 21.1. The normalized spacial score (nSPS) is 21.7. The van der Waals surface area contributed by atoms with Gasteiger partial charge in [-0.15, -0.1) is 0 Å². The molecule has 2 saturated heterocycles. The van der Waals surface area contributed by atoms with E-state index >= 15 is 0 Å². The molecule has 2 aromatic carbocycles. The van der Waals surface area contributed by atoms with Gasteiger partial charge in [0, 0.05) is 76.1 Å². The highest BCUT2D eigenvalue weighted by molar-refractivity contribution is 6.00. The van der Waals surface area contributed by atoms with Gasteiger partial charge in [-0.1, -0.05) is 6.07 Å². The van der Waals surface area contributed by atoms with Crippen molar-refractivity contribution in [2.45, 2.75) is 50.8 Å². The number of benzene rings is 2. The van der Waals surface area contributed by atoms with Crippen LogP contribution in [0.4, 0.5) is 5.69 Å². The monoisotopic (exact) mass is 582 g/mol. The Labute approximate surface area is 252 Å². The number of nitrogens with one attached hydrogen (secondary N) is 1. The number of morpholine rings is 1. The van der Waals surface area contributed by atoms with E-state index in [2.05, 4.69) is 56.7 Å². The third-order valence-electron chi connectivity index (χ3n) is 10.1. The van der Waals surface area contributed by atoms with Gasteiger partial charge in [0.05, 0.1) is 41.6 Å². The van der Waals surface area contributed by atoms with Crippen molar-refractivity contribution in [2.24, 2.45) is 13.0 Å². The van der Waals surface area contributed by atoms with Crippen LogP contribution in [0.15, 0.2) is 36.4 Å². The number of ether oxygens (including phenoxy) is 2. The number of rotatable bonds is 7. The number of piperidine rings is 1. The predicted octanol–water partition coefficient (Wildman–Crippen LogP) is 4.21. The summed E-state index contributed by atoms with van der Waals surface area (Å²) >= 11 is 0. The smallest absolute Gasteiger partial charge is 0.254 e. The molecule has 0 unspecified atom stereocenters. The number of carbonyl (C=O) groups is 1. The summed E-state index contributed by atoms with van der Waals surface area (Å²) in [6.07, 6.45) is 5.95. The van der Waals surface area contributed by atoms with Gasteiger partial charge in [-0.3, -0.25) is 4.79 Å². The predicted molar refractivity (Wildman–Crippen MR) is 169 cm³/mol. The van der Waals surface area contributed by atoms with E-state index in [0.29, 0.717) is 19.3 Å². The van der Waals surface area contributed by atoms with Gasteiger partial charge in [0.2, 0.25) is 0 Å². The number of amides is 1. The molecule has 2 aromatic heterocycles. The zero-order chi connectivity index (χ0) is 29.1. The number of hydrogen-bond acceptors (Lipinski definition) is 6. The first kappa shape index (κ1) is 27.2. The molecule has 0 radical (unpaired) electrons. The van der Waals surface area contributed by atoms with Crippen molar-refractivity contribution < 1.29 is 14.3 Å². The van der Waals surface area contributed by atoms with Crippen LogP contribution in [0.3, 0.4) is 0 Å². The maximum atomic E-state index is 13.6. The number of methoxy groups -OCH3 is 1. The summed E-state index contributed by atoms with van der Waals surface area (Å²) < 4.78 is 16.0. The molecule has 9 heteroatoms. The molecule has 3 aliphatic heterocycles. The van der Waals surface area contributed by atoms with Crippen LogP contribution in [0, 0.1) is 5.92 Å². The molecule has 4 aliphatic rings. The lowest BCUT2D eigenvalue weighted by atomic mass is 9.97. The van der Waals surface area contributed by atoms with Crippen molar-refractivity contribution >= 4 is 33.5 Å². The molecule has 1 atom stereocenters. The highest BCUT2D eigenvalue weighted by atomic mass is 16.5. The van der Waals surface area contributed by atoms with Gasteiger partial charge in [-0.2, -0.15) is 0 Å². The second kappa shape index (κ2) is 10.9. The molecule has 1 N–H and O–H groups in total. The maximum Gasteiger partial charge on any atom is 0.254 e. The van der Waals surface area contributed by atoms with Gasteiger partial charge in [0.25, 0.3) is 5.91 Å². The van der Waals surface area contributed by atoms with Crippen molar-refractivity contribution in [3.63, 3.8) is 0 Å². The first-order valence-corrected chi connectivity index (χ1v) is 16.1. The molecule has 8 rings (SSSR count). The van der Waals surface area contributed by atoms with Gasteiger partial charge < -0.3 is 33.7 Å². The topological polar surface area (TPSA) is 76.8 Å². The number of fused-ring (bicyclic) bond motifs is 3. The molecule has 4 aromatic rings. The molecule has 1 amide bonds. The second-order valence-corrected chi connectivity index (χ2v) is 13.0. The number of hydrogen-bond donors (Lipinski definition) is 1. The minimum Gasteiger partial charge on any atom is -0.381 e. The first-order valence-electron chi connectivity index (χ1n) is 16.1. The summed E-state index contributed by atoms with van der Waals surface area (Å²) in [4.78, 5) is 23.3. The molecule has 0 spiro atoms. The van der Waals surface area contributed by atoms with E-state index in [1.165, 1.54) is 29.4 Å². The number of imidazole rings is 1. The van der Waals surface area contributed by atoms with Crippen molar-refractivity contribution in [1.29, 1.82) is 0 Å². The lowest BCUT2D eigenvalue weighted by Crippen LogP contribution is -2.51. The van der Waals surface area contributed by atoms with Crippen LogP contribution in [0.25, 0.3) is 33.5 Å². The summed E-state index contributed by atoms with van der Waals surface area (Å²) in [6, 6.07) is 13.7. The van der Waals surface area contributed by atoms with Gasteiger partial charge in [-0.25, -0.2) is 4.98 Å². The van der Waals surface area contributed by atoms with E-state index in [4.69, 9.17) is 14.5 Å². The molecule has 1 saturated carbocycles. The van der Waals surface area contributed by atoms with Crippen LogP contribution in [0.2, 0.25) is 0 Å². The Morgan fingerprint density at radius 3 is 2.65 bits per heavy atom. The molecular formula is C34H42N6O3. The highest BCUT2D eigenvalue weighted by Gasteiger charge is 2.30. The Bertz CT molecular complexity index is 1670. The lowest BCUT2D eigenvalue weighted by molar-refractivity contribution is 0.0512. The van der Waals surface area contributed by atoms with Crippen LogP contribution >= 0.6 is 0 Å². The Hall–Kier alpha value is -3.40. The van der Waals surface area contributed by atoms with Crippen LogP contribution in [-0.2, 0) is 29.5 Å². The standard InChI is InChI=1S/C34H42N6O3/c1-37-31-15-23-7-11-39(20-25-21-43-14-10-35-25)34(41)28(23)18-29(31)36-33(37)32-16-24-5-6-26(38-12-8-27(42-2)9-13-38)17-30(24)40(32)19-22-3-4-22/h5-6,15-18,22,25,27,35H,3-4,7-14,19-21H2,1-2H3/t25-/m0/s1. The second-order valence-electron chi connectivity index (χ2n) is 13.0. The molecule has 1 aliphatic carbocycles. The number of aromatic nitrogens is 3. The van der Waals surface area contributed by atoms with E-state index in [-0.39, 0.29) is 11.9 Å². The Kier molecular flexibility index (Phi) is 6.92. The third-order valence-corrected chi connectivity index (χ3v) is 10.1. The quantitative estimate of drug-likeness (QED) is 0.352. The SMILES string of the molecule is COC1CCN(c2ccc3cc(-c4nc5cc6c(cc5n4C)CCN(C[C@H]4COCCN4)C6=O)n(CC4CC4)c3c2)CC1. The molecule has 43 heavy (non-hydrogen) atoms. The van der Waals surface area contributed by atoms with E-state index in [1.807, 2.05) is 18.1 Å². The van der Waals surface area contributed by atoms with Crippen molar-refractivity contribution in [1.82, 2.24) is 24.3 Å². The average Bonchev–Trinajstić information content (AvgIpc) is 3.72. The van der Waals surface area contributed by atoms with Crippen LogP contribution in [-0.4, -0.2) is 90.1 Å². The Balaban J connectivity index is 1.14. The van der Waals surface area contributed by atoms with E-state index in [1.54, 1.807) is 0 Å². The highest BCUT2D eigenvalue weighted by Crippen LogP contribution is 2.38. The fourth-order valence-electron chi connectivity index (χ4n) is 7.35. The molecule has 5 heterocycles. The number of carbonyl (C=O) groups excluding carboxylic acids is 1. The Morgan fingerprint density at radius 2 is 1.88 bits per heavy atom. The van der Waals surface area contributed by atoms with Crippen molar-refractivity contribution in [3.05, 3.63) is 47.5 Å². The number of nitrogens with zero attached hydrogens (tertiary/aromatic N) is 5. The molecule has 226 valence electrons. The summed E-state index contributed by atoms with van der Waals surface area (Å²) in [6.45, 7) is 6.71. The van der Waals surface area contributed by atoms with Crippen LogP contribution < -0.4 is 10.2 Å². The van der Waals surface area contributed by atoms with Gasteiger partial charge >= 0.3 is 0 Å². The van der Waals surface area contributed by atoms with E-state index in [0.717, 1.165) is 98.2 Å². The summed E-state index contributed by atoms with van der Waals surface area (Å²) in [5.41, 5.74) is 7.62. The van der Waals surface area contributed by atoms with E-state index < -0.39 is 0 Å². The van der Waals surface area contributed by atoms with Gasteiger partial charge in [-0.05, 0) is 73.9 Å². The average molecular weight is 583 g/mol. The number of anilines is 1. The summed E-state index contributed by atoms with van der Waals surface area (Å²) in [5.74, 6) is 1.79. The minimum absolute atomic E-state index is 0.104. The molecule has 9 nitrogen and oxygen atoms in total. The van der Waals surface area contributed by atoms with Gasteiger partial charge in [0.1, 0.15) is 0 Å². The van der Waals surface area contributed by atoms with E-state index in [9.17, 15) is 4.79 Å². The largest absolute Gasteiger partial charge is 0.381 e. The van der Waals surface area contributed by atoms with Crippen LogP contribution in [0.1, 0.15) is 41.6 Å². The molecule has 0 bridgehead atoms. The maximum absolute atomic E-state index is 13.6. The lowest BCUT2D eigenvalue weighted by Gasteiger charge is -2.33. The minimum atomic E-state index is 0.104. The summed E-state index contributed by atoms with van der Waals surface area (Å²) in [5, 5.41) is 4.74. The number of aryl methyl sites for hydroxylation is 1. The third kappa shape index (κ3) is 5.01. The zero-order valence-electron chi connectivity index (χ0n) is 25.3. The van der Waals surface area contributed by atoms with Crippen molar-refractivity contribution in [2.75, 3.05) is 57.9 Å². The fraction of sp³-hybridized carbons (Fsp3) is 0.529. The summed E-state index contributed by atoms with van der Waals surface area (Å²) in [7, 11) is 3.94. The van der Waals surface area contributed by atoms with Gasteiger partial charge in [0.15, 0.2) is 5.82 Å². The fourth-order valence-corrected chi connectivity index (χ4v) is 7.35. The zero-order valence-corrected chi connectivity index (χ0v) is 25.3. The van der Waals surface area contributed by atoms with Crippen molar-refractivity contribution in [3.8, 4) is 11.5 Å². The molecule has 3 fully saturated rings. The Morgan fingerprint density at radius 1 is 1.02 bits per heavy atom. The van der Waals surface area contributed by atoms with Crippen LogP contribution in [0.5, 0.6) is 0 Å². The molecular weight excluding hydrogens is 540 g/mol.